The highest BCUT2D eigenvalue weighted by Gasteiger charge is 2.15. The van der Waals surface area contributed by atoms with Crippen LogP contribution < -0.4 is 5.73 Å². The number of aromatic nitrogens is 1. The van der Waals surface area contributed by atoms with Gasteiger partial charge in [-0.3, -0.25) is 0 Å². The molecule has 0 saturated heterocycles. The van der Waals surface area contributed by atoms with E-state index in [1.165, 1.54) is 11.3 Å². The Kier molecular flexibility index (Phi) is 3.62. The van der Waals surface area contributed by atoms with Crippen molar-refractivity contribution >= 4 is 16.9 Å². The summed E-state index contributed by atoms with van der Waals surface area (Å²) < 4.78 is 2.17. The van der Waals surface area contributed by atoms with Crippen molar-refractivity contribution in [1.29, 1.82) is 0 Å². The Bertz CT molecular complexity index is 641. The molecule has 1 aromatic heterocycles. The molecule has 19 heavy (non-hydrogen) atoms. The molecule has 0 unspecified atom stereocenters. The fourth-order valence-corrected chi connectivity index (χ4v) is 2.57. The van der Waals surface area contributed by atoms with Gasteiger partial charge in [0.15, 0.2) is 0 Å². The van der Waals surface area contributed by atoms with Crippen molar-refractivity contribution in [3.63, 3.8) is 0 Å². The summed E-state index contributed by atoms with van der Waals surface area (Å²) in [7, 11) is 0. The Balaban J connectivity index is 2.70. The molecular weight excluding hydrogens is 240 g/mol. The minimum Gasteiger partial charge on any atom is -0.478 e. The Morgan fingerprint density at radius 3 is 2.58 bits per heavy atom. The van der Waals surface area contributed by atoms with Crippen LogP contribution in [0, 0.1) is 20.8 Å². The molecule has 0 amide bonds. The first-order chi connectivity index (χ1) is 8.97. The van der Waals surface area contributed by atoms with Crippen molar-refractivity contribution in [1.82, 2.24) is 4.57 Å². The first-order valence-electron chi connectivity index (χ1n) is 6.50. The second kappa shape index (κ2) is 5.05. The quantitative estimate of drug-likeness (QED) is 0.888. The summed E-state index contributed by atoms with van der Waals surface area (Å²) >= 11 is 0. The number of benzene rings is 1. The molecule has 2 rings (SSSR count). The maximum atomic E-state index is 11.3. The van der Waals surface area contributed by atoms with Crippen LogP contribution in [0.2, 0.25) is 0 Å². The zero-order valence-electron chi connectivity index (χ0n) is 11.7. The van der Waals surface area contributed by atoms with Gasteiger partial charge in [-0.25, -0.2) is 4.79 Å². The topological polar surface area (TPSA) is 68.2 Å². The van der Waals surface area contributed by atoms with Gasteiger partial charge in [0.05, 0.1) is 5.56 Å². The van der Waals surface area contributed by atoms with Gasteiger partial charge in [-0.05, 0) is 57.0 Å². The fraction of sp³-hybridized carbons (Fsp3) is 0.400. The summed E-state index contributed by atoms with van der Waals surface area (Å²) in [6.07, 6.45) is 0.889. The normalized spacial score (nSPS) is 11.2. The molecule has 0 fully saturated rings. The number of rotatable bonds is 4. The molecule has 0 aliphatic heterocycles. The number of aromatic carboxylic acids is 1. The van der Waals surface area contributed by atoms with Crippen LogP contribution in [-0.2, 0) is 6.54 Å². The molecule has 4 nitrogen and oxygen atoms in total. The number of hydrogen-bond donors (Lipinski definition) is 2. The zero-order chi connectivity index (χ0) is 14.2. The van der Waals surface area contributed by atoms with Crippen molar-refractivity contribution in [3.8, 4) is 0 Å². The van der Waals surface area contributed by atoms with Crippen LogP contribution in [0.5, 0.6) is 0 Å². The average molecular weight is 260 g/mol. The van der Waals surface area contributed by atoms with E-state index in [1.807, 2.05) is 13.0 Å². The fourth-order valence-electron chi connectivity index (χ4n) is 2.57. The van der Waals surface area contributed by atoms with E-state index in [2.05, 4.69) is 18.4 Å². The van der Waals surface area contributed by atoms with Gasteiger partial charge in [0.2, 0.25) is 0 Å². The van der Waals surface area contributed by atoms with Gasteiger partial charge in [-0.15, -0.1) is 0 Å². The predicted octanol–water partition coefficient (Wildman–Crippen LogP) is 2.61. The number of nitrogens with zero attached hydrogens (tertiary/aromatic N) is 1. The Morgan fingerprint density at radius 1 is 1.32 bits per heavy atom. The number of carbonyl (C=O) groups is 1. The van der Waals surface area contributed by atoms with E-state index < -0.39 is 5.97 Å². The lowest BCUT2D eigenvalue weighted by atomic mass is 10.0. The van der Waals surface area contributed by atoms with Gasteiger partial charge in [-0.2, -0.15) is 0 Å². The number of fused-ring (bicyclic) bond motifs is 1. The summed E-state index contributed by atoms with van der Waals surface area (Å²) in [5, 5.41) is 10.4. The van der Waals surface area contributed by atoms with Crippen LogP contribution in [0.3, 0.4) is 0 Å². The number of nitrogens with two attached hydrogens (primary N) is 1. The van der Waals surface area contributed by atoms with Crippen molar-refractivity contribution in [3.05, 3.63) is 34.5 Å². The highest BCUT2D eigenvalue weighted by atomic mass is 16.4. The third-order valence-corrected chi connectivity index (χ3v) is 3.80. The summed E-state index contributed by atoms with van der Waals surface area (Å²) in [6.45, 7) is 7.46. The molecule has 0 aliphatic carbocycles. The van der Waals surface area contributed by atoms with Gasteiger partial charge in [0, 0.05) is 23.1 Å². The van der Waals surface area contributed by atoms with Gasteiger partial charge < -0.3 is 15.4 Å². The monoisotopic (exact) mass is 260 g/mol. The van der Waals surface area contributed by atoms with Crippen molar-refractivity contribution in [2.75, 3.05) is 6.54 Å². The Hall–Kier alpha value is -1.81. The molecule has 0 saturated carbocycles. The first kappa shape index (κ1) is 13.6. The lowest BCUT2D eigenvalue weighted by Crippen LogP contribution is -2.07. The molecule has 0 aliphatic rings. The van der Waals surface area contributed by atoms with E-state index >= 15 is 0 Å². The molecular formula is C15H20N2O2. The van der Waals surface area contributed by atoms with Crippen molar-refractivity contribution in [2.24, 2.45) is 5.73 Å². The van der Waals surface area contributed by atoms with Crippen molar-refractivity contribution < 1.29 is 9.90 Å². The molecule has 0 spiro atoms. The molecule has 0 radical (unpaired) electrons. The average Bonchev–Trinajstić information content (AvgIpc) is 2.59. The minimum atomic E-state index is -0.874. The molecule has 2 aromatic rings. The second-order valence-corrected chi connectivity index (χ2v) is 4.99. The van der Waals surface area contributed by atoms with E-state index in [0.717, 1.165) is 29.4 Å². The largest absolute Gasteiger partial charge is 0.478 e. The number of carboxylic acids is 1. The van der Waals surface area contributed by atoms with E-state index in [1.54, 1.807) is 6.07 Å². The molecule has 0 bridgehead atoms. The van der Waals surface area contributed by atoms with Gasteiger partial charge in [0.25, 0.3) is 0 Å². The predicted molar refractivity (Wildman–Crippen MR) is 76.8 cm³/mol. The van der Waals surface area contributed by atoms with Crippen LogP contribution >= 0.6 is 0 Å². The summed E-state index contributed by atoms with van der Waals surface area (Å²) in [5.41, 5.74) is 10.1. The highest BCUT2D eigenvalue weighted by Crippen LogP contribution is 2.28. The highest BCUT2D eigenvalue weighted by molar-refractivity contribution is 5.96. The summed E-state index contributed by atoms with van der Waals surface area (Å²) in [6, 6.07) is 3.75. The molecule has 102 valence electrons. The van der Waals surface area contributed by atoms with E-state index in [-0.39, 0.29) is 0 Å². The summed E-state index contributed by atoms with van der Waals surface area (Å²) in [5.74, 6) is -0.874. The first-order valence-corrected chi connectivity index (χ1v) is 6.50. The van der Waals surface area contributed by atoms with E-state index in [9.17, 15) is 9.90 Å². The van der Waals surface area contributed by atoms with Crippen LogP contribution in [0.4, 0.5) is 0 Å². The smallest absolute Gasteiger partial charge is 0.336 e. The van der Waals surface area contributed by atoms with Crippen LogP contribution in [0.15, 0.2) is 12.1 Å². The Labute approximate surface area is 112 Å². The lowest BCUT2D eigenvalue weighted by molar-refractivity contribution is 0.0696. The van der Waals surface area contributed by atoms with Crippen LogP contribution in [-0.4, -0.2) is 22.2 Å². The molecule has 1 aromatic carbocycles. The third kappa shape index (κ3) is 2.24. The van der Waals surface area contributed by atoms with Crippen molar-refractivity contribution in [2.45, 2.75) is 33.7 Å². The Morgan fingerprint density at radius 2 is 2.00 bits per heavy atom. The maximum Gasteiger partial charge on any atom is 0.336 e. The third-order valence-electron chi connectivity index (χ3n) is 3.80. The molecule has 0 atom stereocenters. The molecule has 4 heteroatoms. The number of hydrogen-bond acceptors (Lipinski definition) is 2. The molecule has 3 N–H and O–H groups in total. The van der Waals surface area contributed by atoms with Crippen LogP contribution in [0.25, 0.3) is 10.9 Å². The minimum absolute atomic E-state index is 0.374. The maximum absolute atomic E-state index is 11.3. The summed E-state index contributed by atoms with van der Waals surface area (Å²) in [4.78, 5) is 11.3. The lowest BCUT2D eigenvalue weighted by Gasteiger charge is -2.08. The van der Waals surface area contributed by atoms with E-state index in [0.29, 0.717) is 12.1 Å². The molecule has 1 heterocycles. The van der Waals surface area contributed by atoms with Gasteiger partial charge in [-0.1, -0.05) is 0 Å². The number of carboxylic acid groups (broad SMARTS) is 1. The van der Waals surface area contributed by atoms with Gasteiger partial charge in [0.1, 0.15) is 0 Å². The van der Waals surface area contributed by atoms with Gasteiger partial charge >= 0.3 is 5.97 Å². The number of aryl methyl sites for hydroxylation is 3. The van der Waals surface area contributed by atoms with E-state index in [4.69, 9.17) is 5.73 Å². The standard InChI is InChI=1S/C15H20N2O2/c1-9-7-13-10(2)11(3)17(6-4-5-16)14(13)8-12(9)15(18)19/h7-8H,4-6,16H2,1-3H3,(H,18,19). The zero-order valence-corrected chi connectivity index (χ0v) is 11.7. The SMILES string of the molecule is Cc1cc2c(C)c(C)n(CCCN)c2cc1C(=O)O. The van der Waals surface area contributed by atoms with Crippen LogP contribution in [0.1, 0.15) is 33.6 Å². The second-order valence-electron chi connectivity index (χ2n) is 4.99.